The lowest BCUT2D eigenvalue weighted by atomic mass is 10.1. The molecule has 0 spiro atoms. The van der Waals surface area contributed by atoms with E-state index in [0.717, 1.165) is 6.07 Å². The molecule has 76 valence electrons. The molecular weight excluding hydrogens is 200 g/mol. The normalized spacial score (nSPS) is 9.07. The lowest BCUT2D eigenvalue weighted by Crippen LogP contribution is -1.99. The average Bonchev–Trinajstić information content (AvgIpc) is 2.26. The molecular formula is C9H6N2O4. The van der Waals surface area contributed by atoms with Gasteiger partial charge in [0.15, 0.2) is 12.0 Å². The third-order valence-electron chi connectivity index (χ3n) is 1.76. The minimum Gasteiger partial charge on any atom is -0.490 e. The van der Waals surface area contributed by atoms with Crippen molar-refractivity contribution in [3.8, 4) is 11.8 Å². The molecule has 15 heavy (non-hydrogen) atoms. The molecule has 0 saturated carbocycles. The third-order valence-corrected chi connectivity index (χ3v) is 1.76. The molecule has 0 aliphatic heterocycles. The number of ether oxygens (including phenoxy) is 1. The van der Waals surface area contributed by atoms with E-state index in [1.807, 2.05) is 0 Å². The zero-order valence-electron chi connectivity index (χ0n) is 7.76. The van der Waals surface area contributed by atoms with E-state index in [1.54, 1.807) is 6.07 Å². The first-order valence-corrected chi connectivity index (χ1v) is 3.85. The number of nitrogens with zero attached hydrogens (tertiary/aromatic N) is 2. The zero-order valence-corrected chi connectivity index (χ0v) is 7.76. The molecule has 0 N–H and O–H groups in total. The second-order valence-electron chi connectivity index (χ2n) is 2.60. The Hall–Kier alpha value is -2.42. The quantitative estimate of drug-likeness (QED) is 0.422. The standard InChI is InChI=1S/C9H6N2O4/c1-15-8-3-6(4-10)2-7(5-12)9(8)11(13)14/h2-3,5H,1H3. The molecule has 6 heteroatoms. The van der Waals surface area contributed by atoms with Gasteiger partial charge >= 0.3 is 5.69 Å². The van der Waals surface area contributed by atoms with E-state index in [0.29, 0.717) is 6.29 Å². The molecule has 0 amide bonds. The number of nitriles is 1. The first-order valence-electron chi connectivity index (χ1n) is 3.85. The number of methoxy groups -OCH3 is 1. The van der Waals surface area contributed by atoms with Gasteiger partial charge in [-0.05, 0) is 6.07 Å². The molecule has 0 atom stereocenters. The number of hydrogen-bond acceptors (Lipinski definition) is 5. The summed E-state index contributed by atoms with van der Waals surface area (Å²) in [6.45, 7) is 0. The SMILES string of the molecule is COc1cc(C#N)cc(C=O)c1[N+](=O)[O-]. The predicted molar refractivity (Wildman–Crippen MR) is 49.8 cm³/mol. The second kappa shape index (κ2) is 4.19. The molecule has 1 rings (SSSR count). The highest BCUT2D eigenvalue weighted by Gasteiger charge is 2.21. The van der Waals surface area contributed by atoms with Gasteiger partial charge in [0.2, 0.25) is 0 Å². The largest absolute Gasteiger partial charge is 0.490 e. The van der Waals surface area contributed by atoms with Crippen LogP contribution in [0.25, 0.3) is 0 Å². The van der Waals surface area contributed by atoms with Crippen LogP contribution in [0.5, 0.6) is 5.75 Å². The van der Waals surface area contributed by atoms with Gasteiger partial charge in [-0.25, -0.2) is 0 Å². The molecule has 0 saturated heterocycles. The van der Waals surface area contributed by atoms with E-state index in [4.69, 9.17) is 10.00 Å². The van der Waals surface area contributed by atoms with Gasteiger partial charge in [0.25, 0.3) is 0 Å². The Bertz CT molecular complexity index is 462. The van der Waals surface area contributed by atoms with E-state index >= 15 is 0 Å². The monoisotopic (exact) mass is 206 g/mol. The van der Waals surface area contributed by atoms with Crippen molar-refractivity contribution >= 4 is 12.0 Å². The molecule has 0 bridgehead atoms. The molecule has 6 nitrogen and oxygen atoms in total. The summed E-state index contributed by atoms with van der Waals surface area (Å²) in [6, 6.07) is 4.14. The number of carbonyl (C=O) groups is 1. The highest BCUT2D eigenvalue weighted by Crippen LogP contribution is 2.31. The summed E-state index contributed by atoms with van der Waals surface area (Å²) in [5.41, 5.74) is -0.457. The Labute approximate surface area is 84.8 Å². The molecule has 0 aliphatic carbocycles. The maximum absolute atomic E-state index is 10.6. The van der Waals surface area contributed by atoms with Crippen LogP contribution in [0.1, 0.15) is 15.9 Å². The highest BCUT2D eigenvalue weighted by molar-refractivity contribution is 5.84. The number of nitro benzene ring substituents is 1. The van der Waals surface area contributed by atoms with Crippen LogP contribution in [0.15, 0.2) is 12.1 Å². The molecule has 0 aromatic heterocycles. The van der Waals surface area contributed by atoms with Gasteiger partial charge in [0.05, 0.1) is 29.2 Å². The van der Waals surface area contributed by atoms with Gasteiger partial charge in [-0.2, -0.15) is 5.26 Å². The van der Waals surface area contributed by atoms with Crippen molar-refractivity contribution in [2.45, 2.75) is 0 Å². The van der Waals surface area contributed by atoms with Gasteiger partial charge in [-0.1, -0.05) is 0 Å². The summed E-state index contributed by atoms with van der Waals surface area (Å²) in [5, 5.41) is 19.3. The van der Waals surface area contributed by atoms with Gasteiger partial charge in [0, 0.05) is 6.07 Å². The van der Waals surface area contributed by atoms with Gasteiger partial charge in [0.1, 0.15) is 0 Å². The molecule has 0 fully saturated rings. The Morgan fingerprint density at radius 1 is 1.60 bits per heavy atom. The van der Waals surface area contributed by atoms with Gasteiger partial charge < -0.3 is 4.74 Å². The fraction of sp³-hybridized carbons (Fsp3) is 0.111. The predicted octanol–water partition coefficient (Wildman–Crippen LogP) is 1.29. The molecule has 0 radical (unpaired) electrons. The van der Waals surface area contributed by atoms with E-state index in [1.165, 1.54) is 13.2 Å². The van der Waals surface area contributed by atoms with Crippen molar-refractivity contribution in [3.63, 3.8) is 0 Å². The second-order valence-corrected chi connectivity index (χ2v) is 2.60. The van der Waals surface area contributed by atoms with Crippen LogP contribution in [-0.2, 0) is 0 Å². The molecule has 1 aromatic carbocycles. The third kappa shape index (κ3) is 1.91. The molecule has 1 aromatic rings. The number of benzene rings is 1. The Morgan fingerprint density at radius 3 is 2.67 bits per heavy atom. The zero-order chi connectivity index (χ0) is 11.4. The van der Waals surface area contributed by atoms with Gasteiger partial charge in [-0.3, -0.25) is 14.9 Å². The topological polar surface area (TPSA) is 93.2 Å². The van der Waals surface area contributed by atoms with Crippen LogP contribution >= 0.6 is 0 Å². The first kappa shape index (κ1) is 10.7. The first-order chi connectivity index (χ1) is 7.13. The average molecular weight is 206 g/mol. The summed E-state index contributed by atoms with van der Waals surface area (Å²) >= 11 is 0. The minimum absolute atomic E-state index is 0.0962. The fourth-order valence-corrected chi connectivity index (χ4v) is 1.13. The van der Waals surface area contributed by atoms with Crippen molar-refractivity contribution in [1.29, 1.82) is 5.26 Å². The van der Waals surface area contributed by atoms with Crippen LogP contribution in [0.4, 0.5) is 5.69 Å². The molecule has 0 aliphatic rings. The highest BCUT2D eigenvalue weighted by atomic mass is 16.6. The van der Waals surface area contributed by atoms with E-state index in [9.17, 15) is 14.9 Å². The summed E-state index contributed by atoms with van der Waals surface area (Å²) in [4.78, 5) is 20.5. The van der Waals surface area contributed by atoms with Crippen molar-refractivity contribution in [1.82, 2.24) is 0 Å². The summed E-state index contributed by atoms with van der Waals surface area (Å²) < 4.78 is 4.74. The smallest absolute Gasteiger partial charge is 0.321 e. The Balaban J connectivity index is 3.54. The summed E-state index contributed by atoms with van der Waals surface area (Å²) in [6.07, 6.45) is 0.321. The lowest BCUT2D eigenvalue weighted by molar-refractivity contribution is -0.386. The van der Waals surface area contributed by atoms with E-state index in [-0.39, 0.29) is 16.9 Å². The van der Waals surface area contributed by atoms with E-state index < -0.39 is 10.6 Å². The summed E-state index contributed by atoms with van der Waals surface area (Å²) in [5.74, 6) is -0.0962. The van der Waals surface area contributed by atoms with E-state index in [2.05, 4.69) is 0 Å². The van der Waals surface area contributed by atoms with Gasteiger partial charge in [-0.15, -0.1) is 0 Å². The Morgan fingerprint density at radius 2 is 2.27 bits per heavy atom. The molecule has 0 unspecified atom stereocenters. The van der Waals surface area contributed by atoms with Crippen molar-refractivity contribution in [2.75, 3.05) is 7.11 Å². The van der Waals surface area contributed by atoms with Crippen molar-refractivity contribution < 1.29 is 14.5 Å². The number of rotatable bonds is 3. The number of aldehydes is 1. The maximum Gasteiger partial charge on any atom is 0.321 e. The number of nitro groups is 1. The lowest BCUT2D eigenvalue weighted by Gasteiger charge is -2.03. The Kier molecular flexibility index (Phi) is 2.98. The van der Waals surface area contributed by atoms with Crippen LogP contribution < -0.4 is 4.74 Å². The maximum atomic E-state index is 10.6. The van der Waals surface area contributed by atoms with Crippen molar-refractivity contribution in [2.24, 2.45) is 0 Å². The van der Waals surface area contributed by atoms with Crippen molar-refractivity contribution in [3.05, 3.63) is 33.4 Å². The number of carbonyl (C=O) groups excluding carboxylic acids is 1. The van der Waals surface area contributed by atoms with Crippen LogP contribution in [-0.4, -0.2) is 18.3 Å². The fourth-order valence-electron chi connectivity index (χ4n) is 1.13. The van der Waals surface area contributed by atoms with Crippen LogP contribution in [0.2, 0.25) is 0 Å². The van der Waals surface area contributed by atoms with Crippen LogP contribution in [0.3, 0.4) is 0 Å². The number of hydrogen-bond donors (Lipinski definition) is 0. The van der Waals surface area contributed by atoms with Crippen LogP contribution in [0, 0.1) is 21.4 Å². The summed E-state index contributed by atoms with van der Waals surface area (Å²) in [7, 11) is 1.23. The molecule has 0 heterocycles. The minimum atomic E-state index is -0.719.